The van der Waals surface area contributed by atoms with E-state index in [-0.39, 0.29) is 12.1 Å². The first kappa shape index (κ1) is 13.5. The molecule has 0 spiro atoms. The summed E-state index contributed by atoms with van der Waals surface area (Å²) in [6, 6.07) is 10.4. The summed E-state index contributed by atoms with van der Waals surface area (Å²) in [5, 5.41) is 14.5. The first-order chi connectivity index (χ1) is 9.72. The van der Waals surface area contributed by atoms with Gasteiger partial charge in [0.1, 0.15) is 0 Å². The second kappa shape index (κ2) is 5.51. The molecular formula is C17H22N2O. The SMILES string of the molecule is Cc1cc(CNC2(CO)CCCC2)c2ccccc2n1. The highest BCUT2D eigenvalue weighted by molar-refractivity contribution is 5.82. The number of benzene rings is 1. The quantitative estimate of drug-likeness (QED) is 0.898. The molecule has 0 radical (unpaired) electrons. The van der Waals surface area contributed by atoms with Crippen LogP contribution in [-0.4, -0.2) is 22.2 Å². The molecular weight excluding hydrogens is 248 g/mol. The lowest BCUT2D eigenvalue weighted by atomic mass is 9.98. The fraction of sp³-hybridized carbons (Fsp3) is 0.471. The summed E-state index contributed by atoms with van der Waals surface area (Å²) in [5.74, 6) is 0. The number of rotatable bonds is 4. The maximum absolute atomic E-state index is 9.69. The van der Waals surface area contributed by atoms with E-state index in [1.54, 1.807) is 0 Å². The van der Waals surface area contributed by atoms with Gasteiger partial charge in [-0.1, -0.05) is 31.0 Å². The lowest BCUT2D eigenvalue weighted by molar-refractivity contribution is 0.163. The van der Waals surface area contributed by atoms with Gasteiger partial charge in [-0.3, -0.25) is 4.98 Å². The van der Waals surface area contributed by atoms with E-state index in [2.05, 4.69) is 34.6 Å². The van der Waals surface area contributed by atoms with Crippen molar-refractivity contribution in [2.24, 2.45) is 0 Å². The normalized spacial score (nSPS) is 17.7. The molecule has 0 amide bonds. The standard InChI is InChI=1S/C17H22N2O/c1-13-10-14(15-6-2-3-7-16(15)19-13)11-18-17(12-20)8-4-5-9-17/h2-3,6-7,10,18,20H,4-5,8-9,11-12H2,1H3. The van der Waals surface area contributed by atoms with E-state index in [1.165, 1.54) is 23.8 Å². The van der Waals surface area contributed by atoms with Crippen molar-refractivity contribution in [2.45, 2.75) is 44.7 Å². The Morgan fingerprint density at radius 1 is 1.25 bits per heavy atom. The molecule has 0 atom stereocenters. The first-order valence-electron chi connectivity index (χ1n) is 7.44. The zero-order chi connectivity index (χ0) is 14.0. The van der Waals surface area contributed by atoms with Gasteiger partial charge in [-0.15, -0.1) is 0 Å². The molecule has 3 nitrogen and oxygen atoms in total. The summed E-state index contributed by atoms with van der Waals surface area (Å²) < 4.78 is 0. The molecule has 2 N–H and O–H groups in total. The molecule has 1 saturated carbocycles. The van der Waals surface area contributed by atoms with E-state index in [4.69, 9.17) is 0 Å². The number of aliphatic hydroxyl groups excluding tert-OH is 1. The summed E-state index contributed by atoms with van der Waals surface area (Å²) >= 11 is 0. The van der Waals surface area contributed by atoms with Crippen molar-refractivity contribution >= 4 is 10.9 Å². The fourth-order valence-electron chi connectivity index (χ4n) is 3.27. The molecule has 20 heavy (non-hydrogen) atoms. The van der Waals surface area contributed by atoms with Gasteiger partial charge in [0.25, 0.3) is 0 Å². The fourth-order valence-corrected chi connectivity index (χ4v) is 3.27. The van der Waals surface area contributed by atoms with E-state index in [0.717, 1.165) is 30.6 Å². The number of hydrogen-bond donors (Lipinski definition) is 2. The van der Waals surface area contributed by atoms with Gasteiger partial charge in [0.2, 0.25) is 0 Å². The van der Waals surface area contributed by atoms with Crippen LogP contribution in [0.25, 0.3) is 10.9 Å². The van der Waals surface area contributed by atoms with Gasteiger partial charge in [-0.2, -0.15) is 0 Å². The van der Waals surface area contributed by atoms with Gasteiger partial charge < -0.3 is 10.4 Å². The van der Waals surface area contributed by atoms with Crippen molar-refractivity contribution in [3.8, 4) is 0 Å². The van der Waals surface area contributed by atoms with Gasteiger partial charge in [0.05, 0.1) is 12.1 Å². The number of para-hydroxylation sites is 1. The number of aryl methyl sites for hydroxylation is 1. The van der Waals surface area contributed by atoms with Crippen LogP contribution in [0.5, 0.6) is 0 Å². The Labute approximate surface area is 120 Å². The number of fused-ring (bicyclic) bond motifs is 1. The van der Waals surface area contributed by atoms with Crippen LogP contribution in [0, 0.1) is 6.92 Å². The number of pyridine rings is 1. The highest BCUT2D eigenvalue weighted by Gasteiger charge is 2.32. The van der Waals surface area contributed by atoms with E-state index in [1.807, 2.05) is 13.0 Å². The van der Waals surface area contributed by atoms with Crippen LogP contribution in [0.3, 0.4) is 0 Å². The molecule has 1 aliphatic rings. The number of nitrogens with zero attached hydrogens (tertiary/aromatic N) is 1. The maximum Gasteiger partial charge on any atom is 0.0708 e. The van der Waals surface area contributed by atoms with Crippen molar-refractivity contribution in [2.75, 3.05) is 6.61 Å². The number of hydrogen-bond acceptors (Lipinski definition) is 3. The minimum Gasteiger partial charge on any atom is -0.394 e. The topological polar surface area (TPSA) is 45.1 Å². The minimum absolute atomic E-state index is 0.0712. The Morgan fingerprint density at radius 2 is 2.00 bits per heavy atom. The third-order valence-electron chi connectivity index (χ3n) is 4.45. The Bertz CT molecular complexity index is 603. The van der Waals surface area contributed by atoms with Crippen molar-refractivity contribution in [3.63, 3.8) is 0 Å². The largest absolute Gasteiger partial charge is 0.394 e. The monoisotopic (exact) mass is 270 g/mol. The molecule has 2 aromatic rings. The summed E-state index contributed by atoms with van der Waals surface area (Å²) in [7, 11) is 0. The lowest BCUT2D eigenvalue weighted by Gasteiger charge is -2.28. The molecule has 1 aromatic carbocycles. The van der Waals surface area contributed by atoms with E-state index >= 15 is 0 Å². The van der Waals surface area contributed by atoms with E-state index < -0.39 is 0 Å². The highest BCUT2D eigenvalue weighted by atomic mass is 16.3. The number of aromatic nitrogens is 1. The number of aliphatic hydroxyl groups is 1. The smallest absolute Gasteiger partial charge is 0.0708 e. The minimum atomic E-state index is -0.0712. The second-order valence-electron chi connectivity index (χ2n) is 5.94. The molecule has 0 aliphatic heterocycles. The Kier molecular flexibility index (Phi) is 3.72. The predicted molar refractivity (Wildman–Crippen MR) is 81.6 cm³/mol. The number of nitrogens with one attached hydrogen (secondary N) is 1. The molecule has 3 heteroatoms. The third kappa shape index (κ3) is 2.56. The lowest BCUT2D eigenvalue weighted by Crippen LogP contribution is -2.45. The summed E-state index contributed by atoms with van der Waals surface area (Å²) in [5.41, 5.74) is 3.30. The van der Waals surface area contributed by atoms with Crippen LogP contribution < -0.4 is 5.32 Å². The molecule has 0 saturated heterocycles. The van der Waals surface area contributed by atoms with Crippen LogP contribution in [-0.2, 0) is 6.54 Å². The van der Waals surface area contributed by atoms with Crippen molar-refractivity contribution in [3.05, 3.63) is 41.6 Å². The second-order valence-corrected chi connectivity index (χ2v) is 5.94. The zero-order valence-electron chi connectivity index (χ0n) is 12.0. The Morgan fingerprint density at radius 3 is 2.75 bits per heavy atom. The molecule has 0 bridgehead atoms. The van der Waals surface area contributed by atoms with Gasteiger partial charge in [0.15, 0.2) is 0 Å². The summed E-state index contributed by atoms with van der Waals surface area (Å²) in [6.45, 7) is 3.06. The molecule has 1 aromatic heterocycles. The van der Waals surface area contributed by atoms with Crippen LogP contribution in [0.4, 0.5) is 0 Å². The first-order valence-corrected chi connectivity index (χ1v) is 7.44. The van der Waals surface area contributed by atoms with Crippen molar-refractivity contribution in [1.82, 2.24) is 10.3 Å². The predicted octanol–water partition coefficient (Wildman–Crippen LogP) is 2.94. The van der Waals surface area contributed by atoms with E-state index in [9.17, 15) is 5.11 Å². The van der Waals surface area contributed by atoms with Crippen molar-refractivity contribution < 1.29 is 5.11 Å². The third-order valence-corrected chi connectivity index (χ3v) is 4.45. The van der Waals surface area contributed by atoms with E-state index in [0.29, 0.717) is 0 Å². The van der Waals surface area contributed by atoms with Crippen LogP contribution in [0.15, 0.2) is 30.3 Å². The average molecular weight is 270 g/mol. The molecule has 1 heterocycles. The molecule has 1 aliphatic carbocycles. The maximum atomic E-state index is 9.69. The molecule has 0 unspecified atom stereocenters. The molecule has 106 valence electrons. The highest BCUT2D eigenvalue weighted by Crippen LogP contribution is 2.30. The molecule has 3 rings (SSSR count). The van der Waals surface area contributed by atoms with Gasteiger partial charge >= 0.3 is 0 Å². The summed E-state index contributed by atoms with van der Waals surface area (Å²) in [6.07, 6.45) is 4.57. The Balaban J connectivity index is 1.87. The van der Waals surface area contributed by atoms with Gasteiger partial charge in [-0.25, -0.2) is 0 Å². The Hall–Kier alpha value is -1.45. The van der Waals surface area contributed by atoms with Crippen LogP contribution in [0.2, 0.25) is 0 Å². The van der Waals surface area contributed by atoms with Gasteiger partial charge in [-0.05, 0) is 37.5 Å². The van der Waals surface area contributed by atoms with Crippen molar-refractivity contribution in [1.29, 1.82) is 0 Å². The summed E-state index contributed by atoms with van der Waals surface area (Å²) in [4.78, 5) is 4.58. The van der Waals surface area contributed by atoms with Crippen LogP contribution in [0.1, 0.15) is 36.9 Å². The van der Waals surface area contributed by atoms with Crippen LogP contribution >= 0.6 is 0 Å². The zero-order valence-corrected chi connectivity index (χ0v) is 12.0. The molecule has 1 fully saturated rings. The average Bonchev–Trinajstić information content (AvgIpc) is 2.94. The van der Waals surface area contributed by atoms with Gasteiger partial charge in [0, 0.05) is 23.2 Å².